The zero-order valence-corrected chi connectivity index (χ0v) is 13.2. The number of benzene rings is 1. The SMILES string of the molecule is CCC1(CO)CCN(C/C=C/c2ccccc2OC)CC1. The van der Waals surface area contributed by atoms with Gasteiger partial charge in [-0.25, -0.2) is 0 Å². The molecule has 116 valence electrons. The van der Waals surface area contributed by atoms with Crippen LogP contribution in [-0.2, 0) is 0 Å². The van der Waals surface area contributed by atoms with E-state index in [2.05, 4.69) is 30.0 Å². The fourth-order valence-electron chi connectivity index (χ4n) is 2.97. The Morgan fingerprint density at radius 1 is 1.29 bits per heavy atom. The van der Waals surface area contributed by atoms with Gasteiger partial charge in [0.05, 0.1) is 7.11 Å². The van der Waals surface area contributed by atoms with Crippen LogP contribution in [0.2, 0.25) is 0 Å². The molecule has 0 spiro atoms. The van der Waals surface area contributed by atoms with Gasteiger partial charge in [-0.1, -0.05) is 37.3 Å². The molecule has 1 aromatic rings. The highest BCUT2D eigenvalue weighted by Gasteiger charge is 2.31. The Labute approximate surface area is 128 Å². The molecule has 0 saturated carbocycles. The zero-order valence-electron chi connectivity index (χ0n) is 13.2. The van der Waals surface area contributed by atoms with Gasteiger partial charge in [0.1, 0.15) is 5.75 Å². The van der Waals surface area contributed by atoms with E-state index in [9.17, 15) is 5.11 Å². The number of rotatable bonds is 6. The molecular weight excluding hydrogens is 262 g/mol. The predicted molar refractivity (Wildman–Crippen MR) is 87.5 cm³/mol. The first-order valence-electron chi connectivity index (χ1n) is 7.86. The second-order valence-corrected chi connectivity index (χ2v) is 5.96. The second-order valence-electron chi connectivity index (χ2n) is 5.96. The molecule has 21 heavy (non-hydrogen) atoms. The molecule has 0 bridgehead atoms. The lowest BCUT2D eigenvalue weighted by Crippen LogP contribution is -2.41. The van der Waals surface area contributed by atoms with Gasteiger partial charge >= 0.3 is 0 Å². The molecular formula is C18H27NO2. The minimum Gasteiger partial charge on any atom is -0.496 e. The standard InChI is InChI=1S/C18H27NO2/c1-3-18(15-20)10-13-19(14-11-18)12-6-8-16-7-4-5-9-17(16)21-2/h4-9,20H,3,10-15H2,1-2H3/b8-6+. The fraction of sp³-hybridized carbons (Fsp3) is 0.556. The summed E-state index contributed by atoms with van der Waals surface area (Å²) in [7, 11) is 1.70. The van der Waals surface area contributed by atoms with Gasteiger partial charge in [-0.3, -0.25) is 4.90 Å². The van der Waals surface area contributed by atoms with Crippen LogP contribution >= 0.6 is 0 Å². The van der Waals surface area contributed by atoms with Gasteiger partial charge in [0.2, 0.25) is 0 Å². The summed E-state index contributed by atoms with van der Waals surface area (Å²) in [5.74, 6) is 0.915. The molecule has 1 N–H and O–H groups in total. The average Bonchev–Trinajstić information content (AvgIpc) is 2.56. The van der Waals surface area contributed by atoms with Crippen LogP contribution in [0.3, 0.4) is 0 Å². The average molecular weight is 289 g/mol. The first-order chi connectivity index (χ1) is 10.2. The second kappa shape index (κ2) is 7.62. The van der Waals surface area contributed by atoms with E-state index in [1.807, 2.05) is 18.2 Å². The van der Waals surface area contributed by atoms with Gasteiger partial charge in [0.15, 0.2) is 0 Å². The molecule has 0 aromatic heterocycles. The van der Waals surface area contributed by atoms with Gasteiger partial charge in [-0.05, 0) is 43.8 Å². The highest BCUT2D eigenvalue weighted by Crippen LogP contribution is 2.34. The lowest BCUT2D eigenvalue weighted by molar-refractivity contribution is 0.0451. The number of likely N-dealkylation sites (tertiary alicyclic amines) is 1. The summed E-state index contributed by atoms with van der Waals surface area (Å²) < 4.78 is 5.35. The third-order valence-electron chi connectivity index (χ3n) is 4.80. The Balaban J connectivity index is 1.86. The van der Waals surface area contributed by atoms with E-state index in [1.165, 1.54) is 0 Å². The molecule has 0 atom stereocenters. The van der Waals surface area contributed by atoms with Crippen LogP contribution in [0.5, 0.6) is 5.75 Å². The van der Waals surface area contributed by atoms with Gasteiger partial charge in [0.25, 0.3) is 0 Å². The van der Waals surface area contributed by atoms with E-state index in [0.29, 0.717) is 6.61 Å². The van der Waals surface area contributed by atoms with Crippen molar-refractivity contribution >= 4 is 6.08 Å². The van der Waals surface area contributed by atoms with Gasteiger partial charge in [0, 0.05) is 18.7 Å². The zero-order chi connectivity index (χ0) is 15.1. The van der Waals surface area contributed by atoms with E-state index >= 15 is 0 Å². The first-order valence-corrected chi connectivity index (χ1v) is 7.86. The van der Waals surface area contributed by atoms with Crippen molar-refractivity contribution in [3.8, 4) is 5.75 Å². The number of hydrogen-bond acceptors (Lipinski definition) is 3. The van der Waals surface area contributed by atoms with Crippen molar-refractivity contribution in [2.45, 2.75) is 26.2 Å². The molecule has 1 saturated heterocycles. The molecule has 1 heterocycles. The third kappa shape index (κ3) is 4.08. The molecule has 3 heteroatoms. The number of ether oxygens (including phenoxy) is 1. The Kier molecular flexibility index (Phi) is 5.83. The molecule has 1 aliphatic rings. The normalized spacial score (nSPS) is 19.0. The van der Waals surface area contributed by atoms with Crippen LogP contribution in [0.1, 0.15) is 31.7 Å². The van der Waals surface area contributed by atoms with E-state index in [0.717, 1.165) is 50.2 Å². The van der Waals surface area contributed by atoms with Crippen LogP contribution in [0.25, 0.3) is 6.08 Å². The maximum atomic E-state index is 9.56. The molecule has 2 rings (SSSR count). The Morgan fingerprint density at radius 3 is 2.62 bits per heavy atom. The number of para-hydroxylation sites is 1. The van der Waals surface area contributed by atoms with Crippen molar-refractivity contribution in [3.63, 3.8) is 0 Å². The minimum atomic E-state index is 0.170. The summed E-state index contributed by atoms with van der Waals surface area (Å²) in [6.45, 7) is 5.63. The highest BCUT2D eigenvalue weighted by atomic mass is 16.5. The van der Waals surface area contributed by atoms with Crippen molar-refractivity contribution in [1.29, 1.82) is 0 Å². The largest absolute Gasteiger partial charge is 0.496 e. The molecule has 0 unspecified atom stereocenters. The summed E-state index contributed by atoms with van der Waals surface area (Å²) in [6.07, 6.45) is 7.61. The summed E-state index contributed by atoms with van der Waals surface area (Å²) >= 11 is 0. The topological polar surface area (TPSA) is 32.7 Å². The third-order valence-corrected chi connectivity index (χ3v) is 4.80. The number of aliphatic hydroxyl groups excluding tert-OH is 1. The van der Waals surface area contributed by atoms with Gasteiger partial charge < -0.3 is 9.84 Å². The fourth-order valence-corrected chi connectivity index (χ4v) is 2.97. The van der Waals surface area contributed by atoms with E-state index < -0.39 is 0 Å². The van der Waals surface area contributed by atoms with E-state index in [1.54, 1.807) is 7.11 Å². The quantitative estimate of drug-likeness (QED) is 0.873. The van der Waals surface area contributed by atoms with Crippen molar-refractivity contribution in [3.05, 3.63) is 35.9 Å². The maximum Gasteiger partial charge on any atom is 0.126 e. The lowest BCUT2D eigenvalue weighted by atomic mass is 9.77. The molecule has 0 radical (unpaired) electrons. The smallest absolute Gasteiger partial charge is 0.126 e. The van der Waals surface area contributed by atoms with Crippen LogP contribution in [0, 0.1) is 5.41 Å². The summed E-state index contributed by atoms with van der Waals surface area (Å²) in [4.78, 5) is 2.45. The monoisotopic (exact) mass is 289 g/mol. The number of nitrogens with zero attached hydrogens (tertiary/aromatic N) is 1. The Bertz CT molecular complexity index is 456. The van der Waals surface area contributed by atoms with Crippen LogP contribution in [0.15, 0.2) is 30.3 Å². The lowest BCUT2D eigenvalue weighted by Gasteiger charge is -2.39. The summed E-state index contributed by atoms with van der Waals surface area (Å²) in [6, 6.07) is 8.07. The predicted octanol–water partition coefficient (Wildman–Crippen LogP) is 3.19. The maximum absolute atomic E-state index is 9.56. The van der Waals surface area contributed by atoms with Crippen molar-refractivity contribution in [2.75, 3.05) is 33.4 Å². The molecule has 1 fully saturated rings. The van der Waals surface area contributed by atoms with Crippen LogP contribution < -0.4 is 4.74 Å². The first kappa shape index (κ1) is 16.1. The molecule has 0 aliphatic carbocycles. The number of aliphatic hydroxyl groups is 1. The molecule has 3 nitrogen and oxygen atoms in total. The van der Waals surface area contributed by atoms with Gasteiger partial charge in [-0.2, -0.15) is 0 Å². The van der Waals surface area contributed by atoms with E-state index in [4.69, 9.17) is 4.74 Å². The highest BCUT2D eigenvalue weighted by molar-refractivity contribution is 5.57. The molecule has 1 aromatic carbocycles. The van der Waals surface area contributed by atoms with Crippen molar-refractivity contribution < 1.29 is 9.84 Å². The van der Waals surface area contributed by atoms with Gasteiger partial charge in [-0.15, -0.1) is 0 Å². The Morgan fingerprint density at radius 2 is 2.00 bits per heavy atom. The van der Waals surface area contributed by atoms with E-state index in [-0.39, 0.29) is 5.41 Å². The molecule has 1 aliphatic heterocycles. The number of methoxy groups -OCH3 is 1. The molecule has 0 amide bonds. The van der Waals surface area contributed by atoms with Crippen molar-refractivity contribution in [1.82, 2.24) is 4.90 Å². The number of hydrogen-bond donors (Lipinski definition) is 1. The summed E-state index contributed by atoms with van der Waals surface area (Å²) in [5.41, 5.74) is 1.29. The van der Waals surface area contributed by atoms with Crippen LogP contribution in [0.4, 0.5) is 0 Å². The van der Waals surface area contributed by atoms with Crippen LogP contribution in [-0.4, -0.2) is 43.4 Å². The van der Waals surface area contributed by atoms with Crippen molar-refractivity contribution in [2.24, 2.45) is 5.41 Å². The summed E-state index contributed by atoms with van der Waals surface area (Å²) in [5, 5.41) is 9.56. The number of piperidine rings is 1. The minimum absolute atomic E-state index is 0.170. The Hall–Kier alpha value is -1.32.